The molecule has 1 aliphatic carbocycles. The molecule has 20 heavy (non-hydrogen) atoms. The van der Waals surface area contributed by atoms with Crippen molar-refractivity contribution in [3.05, 3.63) is 0 Å². The summed E-state index contributed by atoms with van der Waals surface area (Å²) in [4.78, 5) is 18.2. The Labute approximate surface area is 120 Å². The lowest BCUT2D eigenvalue weighted by Gasteiger charge is -2.20. The predicted octanol–water partition coefficient (Wildman–Crippen LogP) is 0.0773. The zero-order chi connectivity index (χ0) is 14.4. The molecule has 0 aromatic rings. The fourth-order valence-corrected chi connectivity index (χ4v) is 2.31. The lowest BCUT2D eigenvalue weighted by Crippen LogP contribution is -2.40. The van der Waals surface area contributed by atoms with Crippen LogP contribution in [0.15, 0.2) is 4.99 Å². The third-order valence-corrected chi connectivity index (χ3v) is 3.56. The van der Waals surface area contributed by atoms with E-state index in [1.165, 1.54) is 0 Å². The molecular weight excluding hydrogens is 256 g/mol. The smallest absolute Gasteiger partial charge is 0.220 e. The molecule has 3 N–H and O–H groups in total. The van der Waals surface area contributed by atoms with E-state index in [2.05, 4.69) is 20.5 Å². The Morgan fingerprint density at radius 2 is 2.20 bits per heavy atom. The van der Waals surface area contributed by atoms with E-state index in [0.29, 0.717) is 25.6 Å². The van der Waals surface area contributed by atoms with Gasteiger partial charge in [0.25, 0.3) is 0 Å². The van der Waals surface area contributed by atoms with E-state index in [9.17, 15) is 9.90 Å². The molecule has 6 nitrogen and oxygen atoms in total. The van der Waals surface area contributed by atoms with Crippen molar-refractivity contribution >= 4 is 11.9 Å². The molecule has 0 radical (unpaired) electrons. The van der Waals surface area contributed by atoms with Gasteiger partial charge in [0.2, 0.25) is 5.91 Å². The van der Waals surface area contributed by atoms with Gasteiger partial charge >= 0.3 is 0 Å². The number of rotatable bonds is 6. The number of guanidine groups is 1. The monoisotopic (exact) mass is 282 g/mol. The molecule has 0 aromatic heterocycles. The van der Waals surface area contributed by atoms with Gasteiger partial charge in [-0.2, -0.15) is 0 Å². The highest BCUT2D eigenvalue weighted by Crippen LogP contribution is 2.18. The Hall–Kier alpha value is -1.30. The predicted molar refractivity (Wildman–Crippen MR) is 78.6 cm³/mol. The average molecular weight is 282 g/mol. The maximum Gasteiger partial charge on any atom is 0.220 e. The average Bonchev–Trinajstić information content (AvgIpc) is 3.12. The van der Waals surface area contributed by atoms with Crippen molar-refractivity contribution in [2.75, 3.05) is 26.2 Å². The van der Waals surface area contributed by atoms with Gasteiger partial charge in [-0.05, 0) is 32.6 Å². The number of aliphatic imine (C=N–C) groups is 1. The maximum absolute atomic E-state index is 11.5. The summed E-state index contributed by atoms with van der Waals surface area (Å²) in [5.41, 5.74) is 0. The largest absolute Gasteiger partial charge is 0.391 e. The number of nitrogens with one attached hydrogen (secondary N) is 2. The highest BCUT2D eigenvalue weighted by molar-refractivity contribution is 5.80. The summed E-state index contributed by atoms with van der Waals surface area (Å²) < 4.78 is 0. The van der Waals surface area contributed by atoms with E-state index in [4.69, 9.17) is 0 Å². The molecule has 0 spiro atoms. The number of carbonyl (C=O) groups is 1. The molecule has 0 aromatic carbocycles. The number of aliphatic hydroxyl groups is 1. The standard InChI is InChI=1S/C14H26N4O2/c1-2-15-14(18-9-7-12(19)10-18)16-8-3-4-13(20)17-11-5-6-11/h11-12,19H,2-10H2,1H3,(H,15,16)(H,17,20)/t12-/m1/s1. The summed E-state index contributed by atoms with van der Waals surface area (Å²) in [5.74, 6) is 0.996. The van der Waals surface area contributed by atoms with Crippen LogP contribution in [0.4, 0.5) is 0 Å². The van der Waals surface area contributed by atoms with Crippen LogP contribution in [0.1, 0.15) is 39.0 Å². The van der Waals surface area contributed by atoms with Crippen molar-refractivity contribution in [1.29, 1.82) is 0 Å². The molecule has 0 bridgehead atoms. The van der Waals surface area contributed by atoms with Crippen molar-refractivity contribution in [3.8, 4) is 0 Å². The Morgan fingerprint density at radius 3 is 2.80 bits per heavy atom. The summed E-state index contributed by atoms with van der Waals surface area (Å²) in [6.45, 7) is 4.98. The van der Waals surface area contributed by atoms with Gasteiger partial charge in [-0.1, -0.05) is 0 Å². The lowest BCUT2D eigenvalue weighted by atomic mass is 10.3. The molecule has 1 heterocycles. The van der Waals surface area contributed by atoms with Crippen molar-refractivity contribution in [2.45, 2.75) is 51.2 Å². The second-order valence-corrected chi connectivity index (χ2v) is 5.57. The van der Waals surface area contributed by atoms with Gasteiger partial charge in [0.05, 0.1) is 6.10 Å². The fraction of sp³-hybridized carbons (Fsp3) is 0.857. The van der Waals surface area contributed by atoms with Gasteiger partial charge in [0.1, 0.15) is 0 Å². The third kappa shape index (κ3) is 5.00. The molecule has 2 aliphatic rings. The fourth-order valence-electron chi connectivity index (χ4n) is 2.31. The van der Waals surface area contributed by atoms with Gasteiger partial charge in [0.15, 0.2) is 5.96 Å². The maximum atomic E-state index is 11.5. The van der Waals surface area contributed by atoms with E-state index in [1.807, 2.05) is 6.92 Å². The molecule has 2 rings (SSSR count). The first-order chi connectivity index (χ1) is 9.69. The summed E-state index contributed by atoms with van der Waals surface area (Å²) in [5, 5.41) is 15.8. The first-order valence-corrected chi connectivity index (χ1v) is 7.69. The Balaban J connectivity index is 1.69. The van der Waals surface area contributed by atoms with Gasteiger partial charge in [-0.3, -0.25) is 9.79 Å². The first-order valence-electron chi connectivity index (χ1n) is 7.69. The lowest BCUT2D eigenvalue weighted by molar-refractivity contribution is -0.121. The number of aliphatic hydroxyl groups excluding tert-OH is 1. The van der Waals surface area contributed by atoms with Crippen LogP contribution in [0.2, 0.25) is 0 Å². The summed E-state index contributed by atoms with van der Waals surface area (Å²) in [6.07, 6.45) is 4.13. The van der Waals surface area contributed by atoms with Crippen LogP contribution in [-0.4, -0.2) is 60.2 Å². The van der Waals surface area contributed by atoms with Crippen molar-refractivity contribution < 1.29 is 9.90 Å². The van der Waals surface area contributed by atoms with Crippen LogP contribution >= 0.6 is 0 Å². The van der Waals surface area contributed by atoms with Crippen LogP contribution in [0.25, 0.3) is 0 Å². The second-order valence-electron chi connectivity index (χ2n) is 5.57. The Kier molecular flexibility index (Phi) is 5.64. The van der Waals surface area contributed by atoms with Gasteiger partial charge in [-0.25, -0.2) is 0 Å². The van der Waals surface area contributed by atoms with E-state index >= 15 is 0 Å². The highest BCUT2D eigenvalue weighted by Gasteiger charge is 2.23. The number of carbonyl (C=O) groups excluding carboxylic acids is 1. The quantitative estimate of drug-likeness (QED) is 0.366. The molecule has 1 aliphatic heterocycles. The van der Waals surface area contributed by atoms with Crippen LogP contribution in [0.3, 0.4) is 0 Å². The van der Waals surface area contributed by atoms with Crippen LogP contribution in [0.5, 0.6) is 0 Å². The van der Waals surface area contributed by atoms with Crippen molar-refractivity contribution in [2.24, 2.45) is 4.99 Å². The van der Waals surface area contributed by atoms with E-state index < -0.39 is 0 Å². The Morgan fingerprint density at radius 1 is 1.40 bits per heavy atom. The zero-order valence-electron chi connectivity index (χ0n) is 12.3. The van der Waals surface area contributed by atoms with E-state index in [-0.39, 0.29) is 12.0 Å². The summed E-state index contributed by atoms with van der Waals surface area (Å²) >= 11 is 0. The van der Waals surface area contributed by atoms with E-state index in [1.54, 1.807) is 0 Å². The Bertz CT molecular complexity index is 355. The molecule has 2 fully saturated rings. The van der Waals surface area contributed by atoms with Gasteiger partial charge in [-0.15, -0.1) is 0 Å². The van der Waals surface area contributed by atoms with Crippen molar-refractivity contribution in [1.82, 2.24) is 15.5 Å². The number of β-amino-alcohol motifs (C(OH)–C–C–N with tert-alkyl or cyclic N) is 1. The van der Waals surface area contributed by atoms with Gasteiger partial charge < -0.3 is 20.6 Å². The minimum atomic E-state index is -0.247. The van der Waals surface area contributed by atoms with Gasteiger partial charge in [0, 0.05) is 38.6 Å². The molecule has 114 valence electrons. The molecule has 0 unspecified atom stereocenters. The first kappa shape index (κ1) is 15.1. The van der Waals surface area contributed by atoms with Crippen LogP contribution in [-0.2, 0) is 4.79 Å². The van der Waals surface area contributed by atoms with E-state index in [0.717, 1.165) is 44.7 Å². The summed E-state index contributed by atoms with van der Waals surface area (Å²) in [7, 11) is 0. The number of hydrogen-bond donors (Lipinski definition) is 3. The minimum absolute atomic E-state index is 0.143. The second kappa shape index (κ2) is 7.47. The van der Waals surface area contributed by atoms with Crippen molar-refractivity contribution in [3.63, 3.8) is 0 Å². The zero-order valence-corrected chi connectivity index (χ0v) is 12.3. The van der Waals surface area contributed by atoms with Crippen LogP contribution < -0.4 is 10.6 Å². The molecule has 1 amide bonds. The number of hydrogen-bond acceptors (Lipinski definition) is 3. The van der Waals surface area contributed by atoms with Crippen LogP contribution in [0, 0.1) is 0 Å². The molecule has 1 atom stereocenters. The SMILES string of the molecule is CCNC(=NCCCC(=O)NC1CC1)N1CC[C@@H](O)C1. The summed E-state index contributed by atoms with van der Waals surface area (Å²) in [6, 6.07) is 0.439. The number of likely N-dealkylation sites (tertiary alicyclic amines) is 1. The molecular formula is C14H26N4O2. The minimum Gasteiger partial charge on any atom is -0.391 e. The topological polar surface area (TPSA) is 77.0 Å². The molecule has 1 saturated carbocycles. The normalized spacial score (nSPS) is 23.0. The molecule has 1 saturated heterocycles. The molecule has 6 heteroatoms. The third-order valence-electron chi connectivity index (χ3n) is 3.56. The number of amides is 1. The number of nitrogens with zero attached hydrogens (tertiary/aromatic N) is 2. The highest BCUT2D eigenvalue weighted by atomic mass is 16.3.